The molecule has 0 aliphatic carbocycles. The highest BCUT2D eigenvalue weighted by molar-refractivity contribution is 9.10. The van der Waals surface area contributed by atoms with Crippen LogP contribution in [0.5, 0.6) is 0 Å². The number of H-pyrrole nitrogens is 1. The van der Waals surface area contributed by atoms with Gasteiger partial charge in [0.05, 0.1) is 23.6 Å². The number of carbonyl (C=O) groups excluding carboxylic acids is 1. The van der Waals surface area contributed by atoms with Crippen molar-refractivity contribution < 1.29 is 4.79 Å². The Morgan fingerprint density at radius 3 is 2.90 bits per heavy atom. The number of rotatable bonds is 5. The Balaban J connectivity index is 1.32. The molecule has 152 valence electrons. The molecule has 0 saturated carbocycles. The van der Waals surface area contributed by atoms with Crippen molar-refractivity contribution in [3.05, 3.63) is 52.2 Å². The molecule has 0 unspecified atom stereocenters. The van der Waals surface area contributed by atoms with Gasteiger partial charge in [-0.3, -0.25) is 9.89 Å². The van der Waals surface area contributed by atoms with E-state index in [1.54, 1.807) is 18.6 Å². The van der Waals surface area contributed by atoms with Crippen molar-refractivity contribution in [2.45, 2.75) is 12.8 Å². The first-order chi connectivity index (χ1) is 14.7. The molecule has 1 aliphatic heterocycles. The number of benzene rings is 1. The minimum absolute atomic E-state index is 0.228. The summed E-state index contributed by atoms with van der Waals surface area (Å²) in [6.07, 6.45) is 7.49. The molecule has 1 fully saturated rings. The summed E-state index contributed by atoms with van der Waals surface area (Å²) >= 11 is 4.77. The van der Waals surface area contributed by atoms with Crippen LogP contribution >= 0.6 is 27.3 Å². The summed E-state index contributed by atoms with van der Waals surface area (Å²) in [5, 5.41) is 14.6. The van der Waals surface area contributed by atoms with Crippen molar-refractivity contribution in [3.8, 4) is 0 Å². The van der Waals surface area contributed by atoms with Gasteiger partial charge in [-0.05, 0) is 47.0 Å². The first-order valence-corrected chi connectivity index (χ1v) is 11.1. The number of nitrogens with zero attached hydrogens (tertiary/aromatic N) is 4. The van der Waals surface area contributed by atoms with Crippen molar-refractivity contribution in [2.75, 3.05) is 28.6 Å². The Kier molecular flexibility index (Phi) is 5.09. The molecule has 1 saturated heterocycles. The average Bonchev–Trinajstić information content (AvgIpc) is 3.52. The van der Waals surface area contributed by atoms with Gasteiger partial charge >= 0.3 is 0 Å². The number of aromatic amines is 1. The fourth-order valence-electron chi connectivity index (χ4n) is 3.50. The summed E-state index contributed by atoms with van der Waals surface area (Å²) < 4.78 is 0.788. The van der Waals surface area contributed by atoms with Crippen LogP contribution in [0.2, 0.25) is 0 Å². The standard InChI is InChI=1S/C20H18BrN7OS/c21-14-3-4-15-13(10-24-27-15)18(14)26-19(29)16-11-23-20(30-16)25-17-9-12(5-6-22-17)28-7-1-2-8-28/h3-6,9-11H,1-2,7-8H2,(H,24,27)(H,26,29)(H,22,23,25). The zero-order chi connectivity index (χ0) is 20.5. The van der Waals surface area contributed by atoms with Crippen LogP contribution in [0.3, 0.4) is 0 Å². The van der Waals surface area contributed by atoms with Crippen LogP contribution in [0.1, 0.15) is 22.5 Å². The normalized spacial score (nSPS) is 13.7. The van der Waals surface area contributed by atoms with Crippen LogP contribution in [0.15, 0.2) is 47.3 Å². The summed E-state index contributed by atoms with van der Waals surface area (Å²) in [5.74, 6) is 0.486. The fourth-order valence-corrected chi connectivity index (χ4v) is 4.66. The first-order valence-electron chi connectivity index (χ1n) is 9.54. The third kappa shape index (κ3) is 3.75. The average molecular weight is 484 g/mol. The molecule has 4 heterocycles. The van der Waals surface area contributed by atoms with E-state index in [9.17, 15) is 4.79 Å². The summed E-state index contributed by atoms with van der Waals surface area (Å²) in [6, 6.07) is 7.81. The van der Waals surface area contributed by atoms with Gasteiger partial charge in [0.1, 0.15) is 10.7 Å². The van der Waals surface area contributed by atoms with Gasteiger partial charge in [0.2, 0.25) is 0 Å². The predicted molar refractivity (Wildman–Crippen MR) is 123 cm³/mol. The lowest BCUT2D eigenvalue weighted by molar-refractivity contribution is 0.103. The minimum atomic E-state index is -0.228. The van der Waals surface area contributed by atoms with Gasteiger partial charge in [0, 0.05) is 40.9 Å². The highest BCUT2D eigenvalue weighted by Gasteiger charge is 2.16. The Hall–Kier alpha value is -2.98. The number of aromatic nitrogens is 4. The number of nitrogens with one attached hydrogen (secondary N) is 3. The van der Waals surface area contributed by atoms with Gasteiger partial charge in [-0.1, -0.05) is 11.3 Å². The van der Waals surface area contributed by atoms with E-state index >= 15 is 0 Å². The molecule has 3 N–H and O–H groups in total. The Labute approximate surface area is 184 Å². The zero-order valence-electron chi connectivity index (χ0n) is 15.9. The molecule has 1 amide bonds. The molecule has 1 aliphatic rings. The number of pyridine rings is 1. The first kappa shape index (κ1) is 19.0. The van der Waals surface area contributed by atoms with Gasteiger partial charge in [0.15, 0.2) is 5.13 Å². The second-order valence-corrected chi connectivity index (χ2v) is 8.84. The van der Waals surface area contributed by atoms with Crippen molar-refractivity contribution in [1.29, 1.82) is 0 Å². The summed E-state index contributed by atoms with van der Waals surface area (Å²) in [4.78, 5) is 24.4. The Morgan fingerprint density at radius 1 is 1.17 bits per heavy atom. The number of hydrogen-bond donors (Lipinski definition) is 3. The van der Waals surface area contributed by atoms with Crippen molar-refractivity contribution >= 4 is 66.4 Å². The number of amides is 1. The minimum Gasteiger partial charge on any atom is -0.371 e. The van der Waals surface area contributed by atoms with E-state index in [2.05, 4.69) is 51.6 Å². The molecular weight excluding hydrogens is 466 g/mol. The maximum Gasteiger partial charge on any atom is 0.267 e. The number of fused-ring (bicyclic) bond motifs is 1. The topological polar surface area (TPSA) is 98.8 Å². The van der Waals surface area contributed by atoms with Gasteiger partial charge in [-0.25, -0.2) is 9.97 Å². The predicted octanol–water partition coefficient (Wildman–Crippen LogP) is 4.77. The van der Waals surface area contributed by atoms with Crippen molar-refractivity contribution in [1.82, 2.24) is 20.2 Å². The summed E-state index contributed by atoms with van der Waals surface area (Å²) in [7, 11) is 0. The maximum absolute atomic E-state index is 12.8. The third-order valence-electron chi connectivity index (χ3n) is 4.99. The fraction of sp³-hybridized carbons (Fsp3) is 0.200. The maximum atomic E-state index is 12.8. The van der Waals surface area contributed by atoms with Crippen molar-refractivity contribution in [3.63, 3.8) is 0 Å². The molecule has 0 bridgehead atoms. The number of halogens is 1. The number of thiazole rings is 1. The van der Waals surface area contributed by atoms with Crippen LogP contribution in [-0.4, -0.2) is 39.2 Å². The van der Waals surface area contributed by atoms with E-state index in [0.29, 0.717) is 21.5 Å². The van der Waals surface area contributed by atoms with Crippen LogP contribution in [0.25, 0.3) is 10.9 Å². The van der Waals surface area contributed by atoms with E-state index in [-0.39, 0.29) is 5.91 Å². The molecule has 30 heavy (non-hydrogen) atoms. The van der Waals surface area contributed by atoms with E-state index in [0.717, 1.165) is 34.2 Å². The molecule has 3 aromatic heterocycles. The van der Waals surface area contributed by atoms with Crippen molar-refractivity contribution in [2.24, 2.45) is 0 Å². The second kappa shape index (κ2) is 8.04. The number of anilines is 4. The highest BCUT2D eigenvalue weighted by atomic mass is 79.9. The lowest BCUT2D eigenvalue weighted by Crippen LogP contribution is -2.17. The van der Waals surface area contributed by atoms with Crippen LogP contribution < -0.4 is 15.5 Å². The zero-order valence-corrected chi connectivity index (χ0v) is 18.3. The molecule has 5 rings (SSSR count). The lowest BCUT2D eigenvalue weighted by Gasteiger charge is -2.17. The summed E-state index contributed by atoms with van der Waals surface area (Å²) in [6.45, 7) is 2.15. The number of carbonyl (C=O) groups is 1. The van der Waals surface area contributed by atoms with Crippen LogP contribution in [0, 0.1) is 0 Å². The Bertz CT molecular complexity index is 1210. The molecule has 8 nitrogen and oxygen atoms in total. The quantitative estimate of drug-likeness (QED) is 0.378. The van der Waals surface area contributed by atoms with Gasteiger partial charge in [-0.2, -0.15) is 5.10 Å². The van der Waals surface area contributed by atoms with E-state index in [1.165, 1.54) is 24.2 Å². The van der Waals surface area contributed by atoms with E-state index in [1.807, 2.05) is 24.3 Å². The van der Waals surface area contributed by atoms with Crippen LogP contribution in [0.4, 0.5) is 22.3 Å². The highest BCUT2D eigenvalue weighted by Crippen LogP contribution is 2.32. The second-order valence-electron chi connectivity index (χ2n) is 6.96. The molecule has 0 atom stereocenters. The molecule has 1 aromatic carbocycles. The molecule has 0 spiro atoms. The van der Waals surface area contributed by atoms with Crippen LogP contribution in [-0.2, 0) is 0 Å². The van der Waals surface area contributed by atoms with E-state index < -0.39 is 0 Å². The lowest BCUT2D eigenvalue weighted by atomic mass is 10.2. The molecule has 10 heteroatoms. The van der Waals surface area contributed by atoms with E-state index in [4.69, 9.17) is 0 Å². The number of hydrogen-bond acceptors (Lipinski definition) is 7. The largest absolute Gasteiger partial charge is 0.371 e. The smallest absolute Gasteiger partial charge is 0.267 e. The SMILES string of the molecule is O=C(Nc1c(Br)ccc2[nH]ncc12)c1cnc(Nc2cc(N3CCCC3)ccn2)s1. The van der Waals surface area contributed by atoms with Gasteiger partial charge in [-0.15, -0.1) is 0 Å². The molecule has 0 radical (unpaired) electrons. The van der Waals surface area contributed by atoms with Gasteiger partial charge < -0.3 is 15.5 Å². The third-order valence-corrected chi connectivity index (χ3v) is 6.56. The monoisotopic (exact) mass is 483 g/mol. The van der Waals surface area contributed by atoms with Gasteiger partial charge in [0.25, 0.3) is 5.91 Å². The Morgan fingerprint density at radius 2 is 2.03 bits per heavy atom. The molecular formula is C20H18BrN7OS. The molecule has 4 aromatic rings. The summed E-state index contributed by atoms with van der Waals surface area (Å²) in [5.41, 5.74) is 2.68.